The third-order valence-corrected chi connectivity index (χ3v) is 5.74. The Kier molecular flexibility index (Phi) is 5.26. The number of amides is 2. The Balaban J connectivity index is 1.44. The average molecular weight is 400 g/mol. The first-order valence-corrected chi connectivity index (χ1v) is 10.5. The number of cyclic esters (lactones) is 1. The maximum absolute atomic E-state index is 14.7. The second-order valence-corrected chi connectivity index (χ2v) is 7.91. The fraction of sp³-hybridized carbons (Fsp3) is 0.333. The molecule has 2 amide bonds. The summed E-state index contributed by atoms with van der Waals surface area (Å²) in [7, 11) is 0. The lowest BCUT2D eigenvalue weighted by Crippen LogP contribution is -2.35. The Labute approximate surface area is 167 Å². The number of nitrogens with zero attached hydrogens (tertiary/aromatic N) is 1. The molecule has 2 aliphatic rings. The van der Waals surface area contributed by atoms with E-state index in [-0.39, 0.29) is 24.9 Å². The van der Waals surface area contributed by atoms with Crippen LogP contribution in [-0.2, 0) is 9.53 Å². The van der Waals surface area contributed by atoms with Crippen LogP contribution in [0, 0.1) is 11.7 Å². The molecule has 2 aromatic carbocycles. The van der Waals surface area contributed by atoms with Gasteiger partial charge in [0.2, 0.25) is 5.91 Å². The zero-order chi connectivity index (χ0) is 19.7. The molecule has 7 heteroatoms. The average Bonchev–Trinajstić information content (AvgIpc) is 3.49. The van der Waals surface area contributed by atoms with Crippen LogP contribution in [0.3, 0.4) is 0 Å². The number of carbonyl (C=O) groups excluding carboxylic acids is 2. The SMILES string of the molecule is CSc1ccc(-c2ccc(N3C[C@H](CNC(=O)C4CC4)OC3=O)cc2F)cc1. The lowest BCUT2D eigenvalue weighted by molar-refractivity contribution is -0.122. The molecular weight excluding hydrogens is 379 g/mol. The molecule has 28 heavy (non-hydrogen) atoms. The highest BCUT2D eigenvalue weighted by atomic mass is 32.2. The summed E-state index contributed by atoms with van der Waals surface area (Å²) in [6.07, 6.45) is 2.88. The van der Waals surface area contributed by atoms with E-state index in [0.29, 0.717) is 11.3 Å². The van der Waals surface area contributed by atoms with Gasteiger partial charge in [0.05, 0.1) is 18.8 Å². The van der Waals surface area contributed by atoms with Gasteiger partial charge in [0.15, 0.2) is 0 Å². The Morgan fingerprint density at radius 1 is 1.25 bits per heavy atom. The van der Waals surface area contributed by atoms with Crippen molar-refractivity contribution < 1.29 is 18.7 Å². The maximum atomic E-state index is 14.7. The van der Waals surface area contributed by atoms with Crippen molar-refractivity contribution in [3.05, 3.63) is 48.3 Å². The summed E-state index contributed by atoms with van der Waals surface area (Å²) in [6, 6.07) is 12.4. The highest BCUT2D eigenvalue weighted by Crippen LogP contribution is 2.31. The van der Waals surface area contributed by atoms with Crippen LogP contribution in [0.25, 0.3) is 11.1 Å². The first kappa shape index (κ1) is 18.8. The van der Waals surface area contributed by atoms with Crippen LogP contribution in [0.4, 0.5) is 14.9 Å². The molecule has 1 aliphatic heterocycles. The highest BCUT2D eigenvalue weighted by Gasteiger charge is 2.35. The summed E-state index contributed by atoms with van der Waals surface area (Å²) in [6.45, 7) is 0.560. The topological polar surface area (TPSA) is 58.6 Å². The van der Waals surface area contributed by atoms with Crippen LogP contribution in [-0.4, -0.2) is 37.4 Å². The van der Waals surface area contributed by atoms with Gasteiger partial charge < -0.3 is 10.1 Å². The molecule has 5 nitrogen and oxygen atoms in total. The molecule has 0 spiro atoms. The molecule has 2 fully saturated rings. The molecule has 1 N–H and O–H groups in total. The molecule has 1 saturated heterocycles. The summed E-state index contributed by atoms with van der Waals surface area (Å²) in [5.41, 5.74) is 1.71. The third kappa shape index (κ3) is 3.99. The number of hydrogen-bond acceptors (Lipinski definition) is 4. The van der Waals surface area contributed by atoms with E-state index in [1.54, 1.807) is 23.9 Å². The van der Waals surface area contributed by atoms with Crippen molar-refractivity contribution in [1.82, 2.24) is 5.32 Å². The Morgan fingerprint density at radius 2 is 2.00 bits per heavy atom. The Hall–Kier alpha value is -2.54. The minimum Gasteiger partial charge on any atom is -0.442 e. The molecule has 1 saturated carbocycles. The third-order valence-electron chi connectivity index (χ3n) is 4.99. The van der Waals surface area contributed by atoms with E-state index >= 15 is 0 Å². The number of hydrogen-bond donors (Lipinski definition) is 1. The molecule has 146 valence electrons. The summed E-state index contributed by atoms with van der Waals surface area (Å²) in [5.74, 6) is -0.273. The van der Waals surface area contributed by atoms with Gasteiger partial charge in [-0.1, -0.05) is 12.1 Å². The molecule has 0 bridgehead atoms. The first-order valence-electron chi connectivity index (χ1n) is 9.25. The van der Waals surface area contributed by atoms with Crippen molar-refractivity contribution in [2.75, 3.05) is 24.2 Å². The molecule has 0 aromatic heterocycles. The largest absolute Gasteiger partial charge is 0.442 e. The van der Waals surface area contributed by atoms with Gasteiger partial charge in [-0.05, 0) is 55.0 Å². The fourth-order valence-corrected chi connectivity index (χ4v) is 3.63. The van der Waals surface area contributed by atoms with Gasteiger partial charge in [0, 0.05) is 16.4 Å². The van der Waals surface area contributed by atoms with E-state index in [9.17, 15) is 14.0 Å². The van der Waals surface area contributed by atoms with Crippen LogP contribution in [0.1, 0.15) is 12.8 Å². The van der Waals surface area contributed by atoms with Crippen LogP contribution >= 0.6 is 11.8 Å². The van der Waals surface area contributed by atoms with Crippen LogP contribution < -0.4 is 10.2 Å². The van der Waals surface area contributed by atoms with E-state index in [4.69, 9.17) is 4.74 Å². The molecule has 1 aliphatic carbocycles. The van der Waals surface area contributed by atoms with Crippen molar-refractivity contribution in [2.24, 2.45) is 5.92 Å². The second-order valence-electron chi connectivity index (χ2n) is 7.03. The monoisotopic (exact) mass is 400 g/mol. The number of benzene rings is 2. The molecule has 1 atom stereocenters. The Morgan fingerprint density at radius 3 is 2.64 bits per heavy atom. The molecule has 0 radical (unpaired) electrons. The van der Waals surface area contributed by atoms with Crippen molar-refractivity contribution in [2.45, 2.75) is 23.8 Å². The highest BCUT2D eigenvalue weighted by molar-refractivity contribution is 7.98. The van der Waals surface area contributed by atoms with Crippen LogP contribution in [0.15, 0.2) is 47.4 Å². The van der Waals surface area contributed by atoms with Gasteiger partial charge in [0.1, 0.15) is 11.9 Å². The quantitative estimate of drug-likeness (QED) is 0.743. The van der Waals surface area contributed by atoms with Crippen molar-refractivity contribution in [1.29, 1.82) is 0 Å². The van der Waals surface area contributed by atoms with E-state index in [2.05, 4.69) is 5.32 Å². The Bertz CT molecular complexity index is 899. The maximum Gasteiger partial charge on any atom is 0.414 e. The number of halogens is 1. The number of ether oxygens (including phenoxy) is 1. The van der Waals surface area contributed by atoms with Crippen molar-refractivity contribution in [3.63, 3.8) is 0 Å². The zero-order valence-corrected chi connectivity index (χ0v) is 16.3. The molecular formula is C21H21FN2O3S. The minimum absolute atomic E-state index is 0.0115. The van der Waals surface area contributed by atoms with Crippen LogP contribution in [0.2, 0.25) is 0 Å². The van der Waals surface area contributed by atoms with E-state index in [1.807, 2.05) is 30.5 Å². The molecule has 2 aromatic rings. The molecule has 4 rings (SSSR count). The summed E-state index contributed by atoms with van der Waals surface area (Å²) >= 11 is 1.63. The molecule has 0 unspecified atom stereocenters. The van der Waals surface area contributed by atoms with Gasteiger partial charge in [-0.3, -0.25) is 9.69 Å². The number of carbonyl (C=O) groups is 2. The van der Waals surface area contributed by atoms with E-state index in [1.165, 1.54) is 11.0 Å². The van der Waals surface area contributed by atoms with Gasteiger partial charge in [-0.2, -0.15) is 0 Å². The van der Waals surface area contributed by atoms with Gasteiger partial charge in [-0.25, -0.2) is 9.18 Å². The standard InChI is InChI=1S/C21H21FN2O3S/c1-28-17-7-4-13(5-8-17)18-9-6-15(10-19(18)22)24-12-16(27-21(24)26)11-23-20(25)14-2-3-14/h4-10,14,16H,2-3,11-12H2,1H3,(H,23,25)/t16-/m0/s1. The van der Waals surface area contributed by atoms with Gasteiger partial charge >= 0.3 is 6.09 Å². The fourth-order valence-electron chi connectivity index (χ4n) is 3.22. The van der Waals surface area contributed by atoms with Crippen LogP contribution in [0.5, 0.6) is 0 Å². The smallest absolute Gasteiger partial charge is 0.414 e. The second kappa shape index (κ2) is 7.83. The van der Waals surface area contributed by atoms with Gasteiger partial charge in [-0.15, -0.1) is 11.8 Å². The normalized spacial score (nSPS) is 18.9. The van der Waals surface area contributed by atoms with Crippen molar-refractivity contribution >= 4 is 29.4 Å². The minimum atomic E-state index is -0.526. The lowest BCUT2D eigenvalue weighted by Gasteiger charge is -2.15. The van der Waals surface area contributed by atoms with E-state index in [0.717, 1.165) is 23.3 Å². The van der Waals surface area contributed by atoms with E-state index < -0.39 is 18.0 Å². The first-order chi connectivity index (χ1) is 13.5. The van der Waals surface area contributed by atoms with Crippen molar-refractivity contribution in [3.8, 4) is 11.1 Å². The predicted molar refractivity (Wildman–Crippen MR) is 107 cm³/mol. The lowest BCUT2D eigenvalue weighted by atomic mass is 10.0. The number of nitrogens with one attached hydrogen (secondary N) is 1. The number of rotatable bonds is 6. The summed E-state index contributed by atoms with van der Waals surface area (Å²) < 4.78 is 20.0. The predicted octanol–water partition coefficient (Wildman–Crippen LogP) is 4.07. The summed E-state index contributed by atoms with van der Waals surface area (Å²) in [4.78, 5) is 26.4. The van der Waals surface area contributed by atoms with Gasteiger partial charge in [0.25, 0.3) is 0 Å². The number of thioether (sulfide) groups is 1. The number of anilines is 1. The molecule has 1 heterocycles. The summed E-state index contributed by atoms with van der Waals surface area (Å²) in [5, 5.41) is 2.81. The zero-order valence-electron chi connectivity index (χ0n) is 15.5.